The Labute approximate surface area is 122 Å². The van der Waals surface area contributed by atoms with E-state index in [-0.39, 0.29) is 5.91 Å². The van der Waals surface area contributed by atoms with Crippen LogP contribution in [0.4, 0.5) is 5.13 Å². The van der Waals surface area contributed by atoms with Crippen LogP contribution in [0.15, 0.2) is 18.2 Å². The van der Waals surface area contributed by atoms with Crippen molar-refractivity contribution in [3.05, 3.63) is 45.5 Å². The molecule has 3 rings (SSSR count). The molecule has 0 unspecified atom stereocenters. The van der Waals surface area contributed by atoms with Gasteiger partial charge >= 0.3 is 0 Å². The van der Waals surface area contributed by atoms with E-state index in [1.807, 2.05) is 26.0 Å². The van der Waals surface area contributed by atoms with Crippen LogP contribution < -0.4 is 10.6 Å². The summed E-state index contributed by atoms with van der Waals surface area (Å²) in [6.07, 6.45) is 1.03. The molecule has 0 fully saturated rings. The largest absolute Gasteiger partial charge is 0.312 e. The molecule has 5 heteroatoms. The first-order valence-corrected chi connectivity index (χ1v) is 7.53. The summed E-state index contributed by atoms with van der Waals surface area (Å²) in [5.41, 5.74) is 4.22. The molecule has 0 saturated carbocycles. The fraction of sp³-hybridized carbons (Fsp3) is 0.333. The minimum atomic E-state index is -0.0906. The summed E-state index contributed by atoms with van der Waals surface area (Å²) < 4.78 is 0. The van der Waals surface area contributed by atoms with E-state index in [0.29, 0.717) is 10.7 Å². The lowest BCUT2D eigenvalue weighted by molar-refractivity contribution is 0.102. The van der Waals surface area contributed by atoms with Gasteiger partial charge in [-0.2, -0.15) is 0 Å². The molecule has 2 N–H and O–H groups in total. The molecule has 1 aliphatic heterocycles. The number of rotatable bonds is 2. The Morgan fingerprint density at radius 3 is 2.95 bits per heavy atom. The van der Waals surface area contributed by atoms with Gasteiger partial charge in [-0.15, -0.1) is 11.3 Å². The van der Waals surface area contributed by atoms with Crippen molar-refractivity contribution in [3.8, 4) is 0 Å². The molecular weight excluding hydrogens is 270 g/mol. The third kappa shape index (κ3) is 2.59. The standard InChI is InChI=1S/C15H17N3OS/c1-9-10(2)20-15(17-9)18-14(19)12-4-3-11-5-6-16-8-13(11)7-12/h3-4,7,16H,5-6,8H2,1-2H3,(H,17,18,19). The lowest BCUT2D eigenvalue weighted by Gasteiger charge is -2.17. The van der Waals surface area contributed by atoms with Crippen LogP contribution in [0.1, 0.15) is 32.1 Å². The zero-order chi connectivity index (χ0) is 14.1. The quantitative estimate of drug-likeness (QED) is 0.893. The summed E-state index contributed by atoms with van der Waals surface area (Å²) in [6, 6.07) is 5.93. The van der Waals surface area contributed by atoms with Gasteiger partial charge in [0, 0.05) is 17.0 Å². The van der Waals surface area contributed by atoms with Crippen molar-refractivity contribution in [1.82, 2.24) is 10.3 Å². The first-order valence-electron chi connectivity index (χ1n) is 6.71. The molecule has 2 heterocycles. The maximum Gasteiger partial charge on any atom is 0.257 e. The lowest BCUT2D eigenvalue weighted by atomic mass is 9.98. The van der Waals surface area contributed by atoms with E-state index in [1.54, 1.807) is 0 Å². The van der Waals surface area contributed by atoms with Crippen molar-refractivity contribution in [2.75, 3.05) is 11.9 Å². The van der Waals surface area contributed by atoms with Crippen LogP contribution >= 0.6 is 11.3 Å². The van der Waals surface area contributed by atoms with Crippen LogP contribution in [0, 0.1) is 13.8 Å². The summed E-state index contributed by atoms with van der Waals surface area (Å²) in [4.78, 5) is 17.7. The molecule has 0 radical (unpaired) electrons. The van der Waals surface area contributed by atoms with Gasteiger partial charge in [-0.25, -0.2) is 4.98 Å². The van der Waals surface area contributed by atoms with E-state index >= 15 is 0 Å². The number of aromatic nitrogens is 1. The van der Waals surface area contributed by atoms with Gasteiger partial charge in [0.15, 0.2) is 5.13 Å². The Morgan fingerprint density at radius 2 is 2.20 bits per heavy atom. The van der Waals surface area contributed by atoms with Crippen molar-refractivity contribution in [2.45, 2.75) is 26.8 Å². The van der Waals surface area contributed by atoms with Gasteiger partial charge in [-0.1, -0.05) is 6.07 Å². The van der Waals surface area contributed by atoms with Gasteiger partial charge in [-0.3, -0.25) is 10.1 Å². The predicted octanol–water partition coefficient (Wildman–Crippen LogP) is 2.66. The Balaban J connectivity index is 1.80. The third-order valence-corrected chi connectivity index (χ3v) is 4.59. The number of anilines is 1. The number of aryl methyl sites for hydroxylation is 2. The fourth-order valence-corrected chi connectivity index (χ4v) is 3.13. The van der Waals surface area contributed by atoms with Crippen molar-refractivity contribution < 1.29 is 4.79 Å². The highest BCUT2D eigenvalue weighted by Gasteiger charge is 2.14. The minimum absolute atomic E-state index is 0.0906. The van der Waals surface area contributed by atoms with Crippen LogP contribution in [0.5, 0.6) is 0 Å². The minimum Gasteiger partial charge on any atom is -0.312 e. The Bertz CT molecular complexity index is 644. The molecule has 0 spiro atoms. The second-order valence-electron chi connectivity index (χ2n) is 5.03. The topological polar surface area (TPSA) is 54.0 Å². The van der Waals surface area contributed by atoms with E-state index in [2.05, 4.69) is 21.7 Å². The molecule has 0 aliphatic carbocycles. The van der Waals surface area contributed by atoms with E-state index in [0.717, 1.165) is 30.1 Å². The Morgan fingerprint density at radius 1 is 1.35 bits per heavy atom. The molecule has 20 heavy (non-hydrogen) atoms. The maximum atomic E-state index is 12.3. The van der Waals surface area contributed by atoms with Crippen LogP contribution in [-0.4, -0.2) is 17.4 Å². The second kappa shape index (κ2) is 5.34. The molecule has 1 aromatic heterocycles. The summed E-state index contributed by atoms with van der Waals surface area (Å²) in [5.74, 6) is -0.0906. The molecular formula is C15H17N3OS. The highest BCUT2D eigenvalue weighted by molar-refractivity contribution is 7.15. The van der Waals surface area contributed by atoms with Crippen LogP contribution in [0.25, 0.3) is 0 Å². The number of amides is 1. The molecule has 104 valence electrons. The molecule has 1 amide bonds. The van der Waals surface area contributed by atoms with E-state index in [4.69, 9.17) is 0 Å². The molecule has 1 aromatic carbocycles. The Hall–Kier alpha value is -1.72. The average molecular weight is 287 g/mol. The fourth-order valence-electron chi connectivity index (χ4n) is 2.32. The van der Waals surface area contributed by atoms with Gasteiger partial charge in [0.2, 0.25) is 0 Å². The number of benzene rings is 1. The number of nitrogens with one attached hydrogen (secondary N) is 2. The Kier molecular flexibility index (Phi) is 3.54. The van der Waals surface area contributed by atoms with Gasteiger partial charge < -0.3 is 5.32 Å². The number of hydrogen-bond acceptors (Lipinski definition) is 4. The van der Waals surface area contributed by atoms with Crippen LogP contribution in [0.3, 0.4) is 0 Å². The van der Waals surface area contributed by atoms with Crippen molar-refractivity contribution in [3.63, 3.8) is 0 Å². The summed E-state index contributed by atoms with van der Waals surface area (Å²) in [5, 5.41) is 6.87. The molecule has 2 aromatic rings. The smallest absolute Gasteiger partial charge is 0.257 e. The van der Waals surface area contributed by atoms with Crippen molar-refractivity contribution in [2.24, 2.45) is 0 Å². The number of carbonyl (C=O) groups is 1. The molecule has 0 atom stereocenters. The molecule has 1 aliphatic rings. The first kappa shape index (κ1) is 13.3. The van der Waals surface area contributed by atoms with Crippen LogP contribution in [-0.2, 0) is 13.0 Å². The number of hydrogen-bond donors (Lipinski definition) is 2. The highest BCUT2D eigenvalue weighted by Crippen LogP contribution is 2.22. The summed E-state index contributed by atoms with van der Waals surface area (Å²) >= 11 is 1.51. The first-order chi connectivity index (χ1) is 9.63. The van der Waals surface area contributed by atoms with E-state index < -0.39 is 0 Å². The normalized spacial score (nSPS) is 13.9. The predicted molar refractivity (Wildman–Crippen MR) is 81.4 cm³/mol. The average Bonchev–Trinajstić information content (AvgIpc) is 2.76. The highest BCUT2D eigenvalue weighted by atomic mass is 32.1. The van der Waals surface area contributed by atoms with Crippen molar-refractivity contribution in [1.29, 1.82) is 0 Å². The summed E-state index contributed by atoms with van der Waals surface area (Å²) in [6.45, 7) is 5.81. The van der Waals surface area contributed by atoms with Crippen molar-refractivity contribution >= 4 is 22.4 Å². The zero-order valence-corrected chi connectivity index (χ0v) is 12.4. The zero-order valence-electron chi connectivity index (χ0n) is 11.6. The van der Waals surface area contributed by atoms with E-state index in [9.17, 15) is 4.79 Å². The van der Waals surface area contributed by atoms with E-state index in [1.165, 1.54) is 22.5 Å². The number of fused-ring (bicyclic) bond motifs is 1. The summed E-state index contributed by atoms with van der Waals surface area (Å²) in [7, 11) is 0. The molecule has 0 saturated heterocycles. The molecule has 0 bridgehead atoms. The van der Waals surface area contributed by atoms with Gasteiger partial charge in [0.25, 0.3) is 5.91 Å². The van der Waals surface area contributed by atoms with Gasteiger partial charge in [0.1, 0.15) is 0 Å². The SMILES string of the molecule is Cc1nc(NC(=O)c2ccc3c(c2)CNCC3)sc1C. The van der Waals surface area contributed by atoms with Gasteiger partial charge in [0.05, 0.1) is 5.69 Å². The number of nitrogens with zero attached hydrogens (tertiary/aromatic N) is 1. The monoisotopic (exact) mass is 287 g/mol. The number of carbonyl (C=O) groups excluding carboxylic acids is 1. The number of thiazole rings is 1. The van der Waals surface area contributed by atoms with Crippen LogP contribution in [0.2, 0.25) is 0 Å². The molecule has 4 nitrogen and oxygen atoms in total. The third-order valence-electron chi connectivity index (χ3n) is 3.60. The second-order valence-corrected chi connectivity index (χ2v) is 6.23. The lowest BCUT2D eigenvalue weighted by Crippen LogP contribution is -2.24. The van der Waals surface area contributed by atoms with Gasteiger partial charge in [-0.05, 0) is 50.1 Å². The maximum absolute atomic E-state index is 12.3.